The number of nitrogens with zero attached hydrogens (tertiary/aromatic N) is 2. The number of amidine groups is 1. The molecule has 0 radical (unpaired) electrons. The highest BCUT2D eigenvalue weighted by Gasteiger charge is 2.30. The number of hydrogen-bond donors (Lipinski definition) is 1. The first kappa shape index (κ1) is 16.3. The molecule has 9 heteroatoms. The van der Waals surface area contributed by atoms with Crippen molar-refractivity contribution in [2.45, 2.75) is 6.18 Å². The van der Waals surface area contributed by atoms with Crippen molar-refractivity contribution in [1.82, 2.24) is 5.32 Å². The molecular weight excluding hydrogens is 343 g/mol. The van der Waals surface area contributed by atoms with Gasteiger partial charge < -0.3 is 9.73 Å². The molecule has 1 fully saturated rings. The minimum absolute atomic E-state index is 0.140. The molecule has 0 unspecified atom stereocenters. The van der Waals surface area contributed by atoms with Crippen molar-refractivity contribution in [3.05, 3.63) is 47.7 Å². The number of thioether (sulfide) groups is 1. The largest absolute Gasteiger partial charge is 0.455 e. The Labute approximate surface area is 138 Å². The van der Waals surface area contributed by atoms with Crippen LogP contribution in [0.3, 0.4) is 0 Å². The monoisotopic (exact) mass is 353 g/mol. The van der Waals surface area contributed by atoms with Crippen molar-refractivity contribution < 1.29 is 22.4 Å². The molecule has 124 valence electrons. The van der Waals surface area contributed by atoms with Gasteiger partial charge in [0, 0.05) is 5.56 Å². The van der Waals surface area contributed by atoms with Gasteiger partial charge in [0.05, 0.1) is 17.5 Å². The topological polar surface area (TPSA) is 67.0 Å². The molecule has 1 aromatic carbocycles. The summed E-state index contributed by atoms with van der Waals surface area (Å²) in [6.45, 7) is 0. The second kappa shape index (κ2) is 6.52. The van der Waals surface area contributed by atoms with Crippen LogP contribution in [0.2, 0.25) is 0 Å². The number of carbonyl (C=O) groups excluding carboxylic acids is 1. The fourth-order valence-electron chi connectivity index (χ4n) is 1.94. The summed E-state index contributed by atoms with van der Waals surface area (Å²) in [4.78, 5) is 11.0. The van der Waals surface area contributed by atoms with Crippen LogP contribution in [-0.2, 0) is 11.0 Å². The summed E-state index contributed by atoms with van der Waals surface area (Å²) in [5.74, 6) is 0.785. The van der Waals surface area contributed by atoms with Gasteiger partial charge in [0.15, 0.2) is 5.17 Å². The van der Waals surface area contributed by atoms with Crippen LogP contribution >= 0.6 is 11.8 Å². The average molecular weight is 353 g/mol. The summed E-state index contributed by atoms with van der Waals surface area (Å²) in [7, 11) is 0. The average Bonchev–Trinajstić information content (AvgIpc) is 3.16. The van der Waals surface area contributed by atoms with Gasteiger partial charge in [-0.25, -0.2) is 0 Å². The molecule has 1 aromatic heterocycles. The van der Waals surface area contributed by atoms with Crippen LogP contribution in [0.25, 0.3) is 11.3 Å². The molecule has 0 bridgehead atoms. The summed E-state index contributed by atoms with van der Waals surface area (Å²) in [6, 6.07) is 7.99. The Bertz CT molecular complexity index is 827. The number of carbonyl (C=O) groups is 1. The Morgan fingerprint density at radius 2 is 2.08 bits per heavy atom. The lowest BCUT2D eigenvalue weighted by Gasteiger charge is -2.07. The fraction of sp³-hybridized carbons (Fsp3) is 0.133. The molecule has 1 aliphatic rings. The summed E-state index contributed by atoms with van der Waals surface area (Å²) >= 11 is 1.23. The number of furan rings is 1. The first-order chi connectivity index (χ1) is 11.4. The van der Waals surface area contributed by atoms with Crippen molar-refractivity contribution in [2.75, 3.05) is 5.75 Å². The molecule has 5 nitrogen and oxygen atoms in total. The first-order valence-electron chi connectivity index (χ1n) is 6.73. The van der Waals surface area contributed by atoms with E-state index in [9.17, 15) is 18.0 Å². The van der Waals surface area contributed by atoms with Crippen molar-refractivity contribution in [1.29, 1.82) is 0 Å². The maximum absolute atomic E-state index is 12.7. The van der Waals surface area contributed by atoms with Crippen LogP contribution in [0.15, 0.2) is 51.0 Å². The second-order valence-electron chi connectivity index (χ2n) is 4.77. The zero-order valence-electron chi connectivity index (χ0n) is 12.0. The van der Waals surface area contributed by atoms with Gasteiger partial charge in [-0.2, -0.15) is 18.3 Å². The number of amides is 1. The van der Waals surface area contributed by atoms with Crippen molar-refractivity contribution in [3.8, 4) is 11.3 Å². The number of nitrogens with one attached hydrogen (secondary N) is 1. The number of halogens is 3. The third-order valence-corrected chi connectivity index (χ3v) is 3.88. The molecule has 2 heterocycles. The van der Waals surface area contributed by atoms with Gasteiger partial charge in [-0.15, -0.1) is 5.10 Å². The number of alkyl halides is 3. The lowest BCUT2D eigenvalue weighted by atomic mass is 10.1. The maximum Gasteiger partial charge on any atom is 0.416 e. The molecule has 0 spiro atoms. The molecule has 1 aliphatic heterocycles. The molecule has 1 saturated heterocycles. The third-order valence-electron chi connectivity index (χ3n) is 3.02. The van der Waals surface area contributed by atoms with Gasteiger partial charge >= 0.3 is 6.18 Å². The van der Waals surface area contributed by atoms with E-state index in [4.69, 9.17) is 4.42 Å². The Morgan fingerprint density at radius 3 is 2.79 bits per heavy atom. The van der Waals surface area contributed by atoms with Crippen molar-refractivity contribution >= 4 is 29.1 Å². The standard InChI is InChI=1S/C15H10F3N3O2S/c16-15(17,18)10-3-1-2-9(6-10)12-5-4-11(23-12)7-19-21-14-20-13(22)8-24-14/h1-7H,8H2,(H,20,21,22)/b19-7+. The van der Waals surface area contributed by atoms with E-state index in [1.807, 2.05) is 0 Å². The second-order valence-corrected chi connectivity index (χ2v) is 5.73. The normalized spacial score (nSPS) is 17.0. The van der Waals surface area contributed by atoms with Gasteiger partial charge in [-0.3, -0.25) is 4.79 Å². The molecule has 0 atom stereocenters. The smallest absolute Gasteiger partial charge is 0.416 e. The highest BCUT2D eigenvalue weighted by atomic mass is 32.2. The van der Waals surface area contributed by atoms with E-state index in [1.54, 1.807) is 12.1 Å². The zero-order valence-corrected chi connectivity index (χ0v) is 12.8. The summed E-state index contributed by atoms with van der Waals surface area (Å²) in [5, 5.41) is 10.5. The minimum atomic E-state index is -4.41. The summed E-state index contributed by atoms with van der Waals surface area (Å²) in [5.41, 5.74) is -0.429. The highest BCUT2D eigenvalue weighted by molar-refractivity contribution is 8.15. The van der Waals surface area contributed by atoms with Crippen LogP contribution in [0, 0.1) is 0 Å². The van der Waals surface area contributed by atoms with E-state index in [2.05, 4.69) is 15.5 Å². The van der Waals surface area contributed by atoms with Crippen LogP contribution in [0.5, 0.6) is 0 Å². The number of hydrogen-bond acceptors (Lipinski definition) is 5. The molecule has 24 heavy (non-hydrogen) atoms. The van der Waals surface area contributed by atoms with Gasteiger partial charge in [0.1, 0.15) is 11.5 Å². The molecule has 0 saturated carbocycles. The molecular formula is C15H10F3N3O2S. The Balaban J connectivity index is 1.75. The highest BCUT2D eigenvalue weighted by Crippen LogP contribution is 2.32. The SMILES string of the molecule is O=C1CS/C(=N\N=C\c2ccc(-c3cccc(C(F)(F)F)c3)o2)N1. The maximum atomic E-state index is 12.7. The Kier molecular flexibility index (Phi) is 4.43. The first-order valence-corrected chi connectivity index (χ1v) is 7.71. The minimum Gasteiger partial charge on any atom is -0.455 e. The van der Waals surface area contributed by atoms with Crippen LogP contribution in [0.1, 0.15) is 11.3 Å². The third kappa shape index (κ3) is 3.85. The summed E-state index contributed by atoms with van der Waals surface area (Å²) < 4.78 is 43.6. The van der Waals surface area contributed by atoms with Gasteiger partial charge in [-0.1, -0.05) is 23.9 Å². The van der Waals surface area contributed by atoms with E-state index in [-0.39, 0.29) is 5.91 Å². The quantitative estimate of drug-likeness (QED) is 0.678. The summed E-state index contributed by atoms with van der Waals surface area (Å²) in [6.07, 6.45) is -3.10. The van der Waals surface area contributed by atoms with Crippen LogP contribution in [-0.4, -0.2) is 23.0 Å². The van der Waals surface area contributed by atoms with Gasteiger partial charge in [0.2, 0.25) is 5.91 Å². The molecule has 0 aliphatic carbocycles. The van der Waals surface area contributed by atoms with Crippen LogP contribution < -0.4 is 5.32 Å². The Hall–Kier alpha value is -2.55. The van der Waals surface area contributed by atoms with Crippen molar-refractivity contribution in [3.63, 3.8) is 0 Å². The predicted molar refractivity (Wildman–Crippen MR) is 84.8 cm³/mol. The van der Waals surface area contributed by atoms with E-state index < -0.39 is 11.7 Å². The van der Waals surface area contributed by atoms with E-state index in [0.29, 0.717) is 28.0 Å². The Morgan fingerprint density at radius 1 is 1.25 bits per heavy atom. The molecule has 1 N–H and O–H groups in total. The van der Waals surface area contributed by atoms with Gasteiger partial charge in [0.25, 0.3) is 0 Å². The van der Waals surface area contributed by atoms with Crippen LogP contribution in [0.4, 0.5) is 13.2 Å². The molecule has 3 rings (SSSR count). The fourth-order valence-corrected chi connectivity index (χ4v) is 2.57. The predicted octanol–water partition coefficient (Wildman–Crippen LogP) is 3.52. The van der Waals surface area contributed by atoms with E-state index in [0.717, 1.165) is 12.1 Å². The lowest BCUT2D eigenvalue weighted by Crippen LogP contribution is -2.19. The molecule has 1 amide bonds. The van der Waals surface area contributed by atoms with E-state index in [1.165, 1.54) is 30.1 Å². The van der Waals surface area contributed by atoms with E-state index >= 15 is 0 Å². The lowest BCUT2D eigenvalue weighted by molar-refractivity contribution is -0.137. The van der Waals surface area contributed by atoms with Crippen molar-refractivity contribution in [2.24, 2.45) is 10.2 Å². The zero-order chi connectivity index (χ0) is 17.2. The number of benzene rings is 1. The van der Waals surface area contributed by atoms with Gasteiger partial charge in [-0.05, 0) is 24.3 Å². The molecule has 2 aromatic rings. The number of rotatable bonds is 3.